The molecule has 0 aliphatic carbocycles. The van der Waals surface area contributed by atoms with Crippen LogP contribution in [0.25, 0.3) is 6.08 Å². The van der Waals surface area contributed by atoms with Crippen LogP contribution in [-0.4, -0.2) is 28.9 Å². The Bertz CT molecular complexity index is 791. The highest BCUT2D eigenvalue weighted by molar-refractivity contribution is 6.02. The molecule has 0 bridgehead atoms. The van der Waals surface area contributed by atoms with Crippen LogP contribution in [-0.2, 0) is 11.8 Å². The zero-order chi connectivity index (χ0) is 18.6. The largest absolute Gasteiger partial charge is 0.493 e. The molecule has 2 aromatic rings. The highest BCUT2D eigenvalue weighted by Gasteiger charge is 2.11. The number of carbonyl (C=O) groups excluding carboxylic acids is 1. The quantitative estimate of drug-likeness (QED) is 0.816. The second-order valence-electron chi connectivity index (χ2n) is 6.07. The van der Waals surface area contributed by atoms with Crippen molar-refractivity contribution in [1.82, 2.24) is 9.78 Å². The van der Waals surface area contributed by atoms with Gasteiger partial charge in [0.05, 0.1) is 30.3 Å². The van der Waals surface area contributed by atoms with E-state index in [4.69, 9.17) is 9.47 Å². The summed E-state index contributed by atoms with van der Waals surface area (Å²) in [6.07, 6.45) is 3.29. The third-order valence-electron chi connectivity index (χ3n) is 3.73. The monoisotopic (exact) mass is 343 g/mol. The smallest absolute Gasteiger partial charge is 0.248 e. The third kappa shape index (κ3) is 4.62. The van der Waals surface area contributed by atoms with Crippen molar-refractivity contribution in [3.05, 3.63) is 41.2 Å². The molecule has 0 saturated heterocycles. The minimum Gasteiger partial charge on any atom is -0.493 e. The number of anilines is 1. The highest BCUT2D eigenvalue weighted by Crippen LogP contribution is 2.29. The number of aromatic nitrogens is 2. The van der Waals surface area contributed by atoms with Gasteiger partial charge in [0, 0.05) is 13.1 Å². The number of nitrogens with one attached hydrogen (secondary N) is 1. The first-order valence-corrected chi connectivity index (χ1v) is 8.15. The molecule has 1 aromatic heterocycles. The predicted octanol–water partition coefficient (Wildman–Crippen LogP) is 3.48. The summed E-state index contributed by atoms with van der Waals surface area (Å²) in [5.41, 5.74) is 3.30. The molecule has 0 radical (unpaired) electrons. The molecular formula is C19H25N3O3. The average molecular weight is 343 g/mol. The Hall–Kier alpha value is -2.76. The minimum absolute atomic E-state index is 0.0621. The van der Waals surface area contributed by atoms with E-state index in [-0.39, 0.29) is 12.0 Å². The fourth-order valence-corrected chi connectivity index (χ4v) is 2.43. The summed E-state index contributed by atoms with van der Waals surface area (Å²) < 4.78 is 12.8. The lowest BCUT2D eigenvalue weighted by atomic mass is 10.2. The first-order valence-electron chi connectivity index (χ1n) is 8.15. The Balaban J connectivity index is 2.11. The summed E-state index contributed by atoms with van der Waals surface area (Å²) in [5.74, 6) is 1.11. The van der Waals surface area contributed by atoms with Gasteiger partial charge >= 0.3 is 0 Å². The molecule has 0 atom stereocenters. The van der Waals surface area contributed by atoms with Crippen LogP contribution in [0, 0.1) is 13.8 Å². The fraction of sp³-hybridized carbons (Fsp3) is 0.368. The summed E-state index contributed by atoms with van der Waals surface area (Å²) in [5, 5.41) is 7.16. The Kier molecular flexibility index (Phi) is 5.85. The second-order valence-corrected chi connectivity index (χ2v) is 6.07. The number of rotatable bonds is 6. The van der Waals surface area contributed by atoms with Crippen molar-refractivity contribution in [1.29, 1.82) is 0 Å². The minimum atomic E-state index is -0.208. The van der Waals surface area contributed by atoms with Crippen LogP contribution in [0.1, 0.15) is 30.8 Å². The van der Waals surface area contributed by atoms with Crippen molar-refractivity contribution >= 4 is 17.7 Å². The van der Waals surface area contributed by atoms with E-state index in [1.807, 2.05) is 52.9 Å². The number of aryl methyl sites for hydroxylation is 2. The fourth-order valence-electron chi connectivity index (χ4n) is 2.43. The van der Waals surface area contributed by atoms with Gasteiger partial charge in [0.1, 0.15) is 0 Å². The molecule has 1 amide bonds. The predicted molar refractivity (Wildman–Crippen MR) is 99.1 cm³/mol. The number of carbonyl (C=O) groups is 1. The first kappa shape index (κ1) is 18.6. The lowest BCUT2D eigenvalue weighted by Gasteiger charge is -2.13. The zero-order valence-corrected chi connectivity index (χ0v) is 15.6. The van der Waals surface area contributed by atoms with Crippen LogP contribution in [0.2, 0.25) is 0 Å². The molecule has 1 heterocycles. The van der Waals surface area contributed by atoms with Gasteiger partial charge < -0.3 is 14.8 Å². The molecule has 134 valence electrons. The van der Waals surface area contributed by atoms with Gasteiger partial charge in [0.15, 0.2) is 11.5 Å². The molecule has 6 heteroatoms. The summed E-state index contributed by atoms with van der Waals surface area (Å²) in [4.78, 5) is 12.2. The van der Waals surface area contributed by atoms with E-state index < -0.39 is 0 Å². The molecule has 1 aromatic carbocycles. The third-order valence-corrected chi connectivity index (χ3v) is 3.73. The maximum Gasteiger partial charge on any atom is 0.248 e. The summed E-state index contributed by atoms with van der Waals surface area (Å²) in [6.45, 7) is 7.70. The van der Waals surface area contributed by atoms with Gasteiger partial charge in [-0.1, -0.05) is 6.07 Å². The van der Waals surface area contributed by atoms with Gasteiger partial charge in [-0.15, -0.1) is 0 Å². The van der Waals surface area contributed by atoms with Crippen molar-refractivity contribution in [3.8, 4) is 11.5 Å². The van der Waals surface area contributed by atoms with E-state index in [2.05, 4.69) is 10.4 Å². The van der Waals surface area contributed by atoms with Crippen molar-refractivity contribution in [2.45, 2.75) is 33.8 Å². The van der Waals surface area contributed by atoms with Crippen LogP contribution in [0.4, 0.5) is 5.69 Å². The van der Waals surface area contributed by atoms with Crippen LogP contribution in [0.3, 0.4) is 0 Å². The molecule has 25 heavy (non-hydrogen) atoms. The van der Waals surface area contributed by atoms with Gasteiger partial charge in [-0.2, -0.15) is 5.10 Å². The molecule has 6 nitrogen and oxygen atoms in total. The van der Waals surface area contributed by atoms with E-state index in [0.29, 0.717) is 11.5 Å². The normalized spacial score (nSPS) is 11.2. The lowest BCUT2D eigenvalue weighted by molar-refractivity contribution is -0.111. The lowest BCUT2D eigenvalue weighted by Crippen LogP contribution is -2.09. The van der Waals surface area contributed by atoms with E-state index in [1.54, 1.807) is 17.9 Å². The summed E-state index contributed by atoms with van der Waals surface area (Å²) in [7, 11) is 3.44. The van der Waals surface area contributed by atoms with E-state index >= 15 is 0 Å². The second kappa shape index (κ2) is 7.88. The maximum absolute atomic E-state index is 12.2. The number of nitrogens with zero attached hydrogens (tertiary/aromatic N) is 2. The molecule has 0 spiro atoms. The van der Waals surface area contributed by atoms with Crippen LogP contribution in [0.5, 0.6) is 11.5 Å². The number of amides is 1. The molecule has 0 saturated carbocycles. The van der Waals surface area contributed by atoms with Gasteiger partial charge in [-0.05, 0) is 51.5 Å². The van der Waals surface area contributed by atoms with Crippen LogP contribution >= 0.6 is 0 Å². The Morgan fingerprint density at radius 2 is 2.00 bits per heavy atom. The number of hydrogen-bond donors (Lipinski definition) is 1. The molecule has 0 fully saturated rings. The van der Waals surface area contributed by atoms with Crippen molar-refractivity contribution < 1.29 is 14.3 Å². The standard InChI is InChI=1S/C19H25N3O3/c1-12(2)25-16-9-7-15(11-17(16)24-6)8-10-18(23)20-19-13(3)21-22(5)14(19)4/h7-12H,1-6H3,(H,20,23)/b10-8+. The molecule has 0 aliphatic rings. The zero-order valence-electron chi connectivity index (χ0n) is 15.6. The van der Waals surface area contributed by atoms with Crippen LogP contribution in [0.15, 0.2) is 24.3 Å². The molecular weight excluding hydrogens is 318 g/mol. The topological polar surface area (TPSA) is 65.4 Å². The van der Waals surface area contributed by atoms with Gasteiger partial charge in [0.2, 0.25) is 5.91 Å². The molecule has 0 unspecified atom stereocenters. The van der Waals surface area contributed by atoms with E-state index in [9.17, 15) is 4.79 Å². The number of ether oxygens (including phenoxy) is 2. The SMILES string of the molecule is COc1cc(/C=C/C(=O)Nc2c(C)nn(C)c2C)ccc1OC(C)C. The molecule has 2 rings (SSSR count). The number of benzene rings is 1. The summed E-state index contributed by atoms with van der Waals surface area (Å²) >= 11 is 0. The maximum atomic E-state index is 12.2. The van der Waals surface area contributed by atoms with Gasteiger partial charge in [-0.25, -0.2) is 0 Å². The van der Waals surface area contributed by atoms with Crippen molar-refractivity contribution in [2.24, 2.45) is 7.05 Å². The van der Waals surface area contributed by atoms with E-state index in [1.165, 1.54) is 6.08 Å². The van der Waals surface area contributed by atoms with Gasteiger partial charge in [0.25, 0.3) is 0 Å². The van der Waals surface area contributed by atoms with Crippen molar-refractivity contribution in [3.63, 3.8) is 0 Å². The Morgan fingerprint density at radius 1 is 1.28 bits per heavy atom. The summed E-state index contributed by atoms with van der Waals surface area (Å²) in [6, 6.07) is 5.55. The molecule has 1 N–H and O–H groups in total. The number of hydrogen-bond acceptors (Lipinski definition) is 4. The van der Waals surface area contributed by atoms with Crippen molar-refractivity contribution in [2.75, 3.05) is 12.4 Å². The average Bonchev–Trinajstić information content (AvgIpc) is 2.79. The first-order chi connectivity index (χ1) is 11.8. The van der Waals surface area contributed by atoms with Gasteiger partial charge in [-0.3, -0.25) is 9.48 Å². The Labute approximate surface area is 148 Å². The van der Waals surface area contributed by atoms with Crippen LogP contribution < -0.4 is 14.8 Å². The molecule has 0 aliphatic heterocycles. The Morgan fingerprint density at radius 3 is 2.56 bits per heavy atom. The highest BCUT2D eigenvalue weighted by atomic mass is 16.5. The number of methoxy groups -OCH3 is 1. The van der Waals surface area contributed by atoms with E-state index in [0.717, 1.165) is 22.6 Å².